The fourth-order valence-electron chi connectivity index (χ4n) is 3.54. The number of carboxylic acid groups (broad SMARTS) is 2. The zero-order valence-corrected chi connectivity index (χ0v) is 21.0. The molecule has 10 nitrogen and oxygen atoms in total. The molecule has 35 heavy (non-hydrogen) atoms. The van der Waals surface area contributed by atoms with E-state index in [0.29, 0.717) is 6.42 Å². The van der Waals surface area contributed by atoms with Crippen molar-refractivity contribution in [1.29, 1.82) is 0 Å². The molecule has 0 aliphatic rings. The minimum atomic E-state index is -2.81. The van der Waals surface area contributed by atoms with Crippen molar-refractivity contribution in [1.82, 2.24) is 0 Å². The fourth-order valence-corrected chi connectivity index (χ4v) is 3.54. The number of rotatable bonds is 23. The Balaban J connectivity index is 3.76. The highest BCUT2D eigenvalue weighted by Crippen LogP contribution is 2.17. The lowest BCUT2D eigenvalue weighted by molar-refractivity contribution is -0.173. The van der Waals surface area contributed by atoms with Gasteiger partial charge >= 0.3 is 23.9 Å². The molecule has 10 heteroatoms. The lowest BCUT2D eigenvalue weighted by atomic mass is 9.96. The molecule has 2 atom stereocenters. The summed E-state index contributed by atoms with van der Waals surface area (Å²) < 4.78 is 9.58. The number of aliphatic carboxylic acids is 2. The van der Waals surface area contributed by atoms with Crippen LogP contribution in [0.3, 0.4) is 0 Å². The highest BCUT2D eigenvalue weighted by molar-refractivity contribution is 5.88. The minimum absolute atomic E-state index is 0.227. The molecule has 0 aromatic heterocycles. The summed E-state index contributed by atoms with van der Waals surface area (Å²) in [7, 11) is 0. The number of carbonyl (C=O) groups excluding carboxylic acids is 2. The van der Waals surface area contributed by atoms with E-state index < -0.39 is 61.6 Å². The van der Waals surface area contributed by atoms with E-state index in [2.05, 4.69) is 11.7 Å². The number of aliphatic hydroxyl groups is 2. The van der Waals surface area contributed by atoms with E-state index >= 15 is 0 Å². The SMILES string of the molecule is CCCCCCCCCCCCCCCC(=O)OCC(O)COC(=O)CC(O)(CC(=O)O)C(=O)O. The maximum absolute atomic E-state index is 11.8. The standard InChI is InChI=1S/C25H44O10/c1-2-3-4-5-6-7-8-9-10-11-12-13-14-15-22(29)34-18-20(26)19-35-23(30)17-25(33,24(31)32)16-21(27)28/h20,26,33H,2-19H2,1H3,(H,27,28)(H,31,32). The van der Waals surface area contributed by atoms with Gasteiger partial charge in [-0.3, -0.25) is 14.4 Å². The molecule has 0 saturated heterocycles. The molecular weight excluding hydrogens is 460 g/mol. The van der Waals surface area contributed by atoms with E-state index in [-0.39, 0.29) is 6.42 Å². The van der Waals surface area contributed by atoms with Gasteiger partial charge in [0, 0.05) is 6.42 Å². The van der Waals surface area contributed by atoms with Crippen molar-refractivity contribution in [2.24, 2.45) is 0 Å². The van der Waals surface area contributed by atoms with Crippen LogP contribution in [0.25, 0.3) is 0 Å². The van der Waals surface area contributed by atoms with Crippen molar-refractivity contribution < 1.29 is 49.1 Å². The molecule has 0 bridgehead atoms. The van der Waals surface area contributed by atoms with E-state index in [9.17, 15) is 29.4 Å². The number of unbranched alkanes of at least 4 members (excludes halogenated alkanes) is 12. The topological polar surface area (TPSA) is 168 Å². The van der Waals surface area contributed by atoms with Gasteiger partial charge in [0.15, 0.2) is 5.60 Å². The number of esters is 2. The van der Waals surface area contributed by atoms with E-state index in [4.69, 9.17) is 14.9 Å². The predicted octanol–water partition coefficient (Wildman–Crippen LogP) is 3.60. The molecule has 0 saturated carbocycles. The summed E-state index contributed by atoms with van der Waals surface area (Å²) in [6, 6.07) is 0. The maximum atomic E-state index is 11.8. The second-order valence-electron chi connectivity index (χ2n) is 9.10. The minimum Gasteiger partial charge on any atom is -0.481 e. The zero-order valence-electron chi connectivity index (χ0n) is 21.0. The normalized spacial score (nSPS) is 13.6. The van der Waals surface area contributed by atoms with Crippen LogP contribution >= 0.6 is 0 Å². The third kappa shape index (κ3) is 18.8. The molecule has 204 valence electrons. The number of aliphatic hydroxyl groups excluding tert-OH is 1. The summed E-state index contributed by atoms with van der Waals surface area (Å²) in [5.41, 5.74) is -2.81. The van der Waals surface area contributed by atoms with Crippen molar-refractivity contribution in [2.75, 3.05) is 13.2 Å². The number of hydrogen-bond donors (Lipinski definition) is 4. The van der Waals surface area contributed by atoms with Crippen LogP contribution in [0.1, 0.15) is 110 Å². The van der Waals surface area contributed by atoms with E-state index in [1.54, 1.807) is 0 Å². The summed E-state index contributed by atoms with van der Waals surface area (Å²) in [5.74, 6) is -5.15. The molecule has 0 aromatic carbocycles. The molecular formula is C25H44O10. The summed E-state index contributed by atoms with van der Waals surface area (Å²) in [5, 5.41) is 37.1. The maximum Gasteiger partial charge on any atom is 0.336 e. The van der Waals surface area contributed by atoms with Gasteiger partial charge in [-0.1, -0.05) is 84.0 Å². The van der Waals surface area contributed by atoms with Crippen molar-refractivity contribution in [3.8, 4) is 0 Å². The van der Waals surface area contributed by atoms with Gasteiger partial charge in [-0.25, -0.2) is 4.79 Å². The van der Waals surface area contributed by atoms with Crippen molar-refractivity contribution in [3.05, 3.63) is 0 Å². The first-order valence-corrected chi connectivity index (χ1v) is 12.8. The average Bonchev–Trinajstić information content (AvgIpc) is 2.78. The molecule has 0 amide bonds. The highest BCUT2D eigenvalue weighted by atomic mass is 16.6. The third-order valence-corrected chi connectivity index (χ3v) is 5.64. The Bertz CT molecular complexity index is 621. The molecule has 0 heterocycles. The summed E-state index contributed by atoms with van der Waals surface area (Å²) >= 11 is 0. The first-order chi connectivity index (χ1) is 16.6. The largest absolute Gasteiger partial charge is 0.481 e. The Hall–Kier alpha value is -2.20. The fraction of sp³-hybridized carbons (Fsp3) is 0.840. The molecule has 0 fully saturated rings. The average molecular weight is 505 g/mol. The Kier molecular flexibility index (Phi) is 18.8. The van der Waals surface area contributed by atoms with Crippen LogP contribution in [0.15, 0.2) is 0 Å². The van der Waals surface area contributed by atoms with Gasteiger partial charge in [-0.05, 0) is 6.42 Å². The Morgan fingerprint density at radius 3 is 1.54 bits per heavy atom. The molecule has 2 unspecified atom stereocenters. The summed E-state index contributed by atoms with van der Waals surface area (Å²) in [4.78, 5) is 45.1. The van der Waals surface area contributed by atoms with Gasteiger partial charge in [0.05, 0.1) is 12.8 Å². The van der Waals surface area contributed by atoms with Gasteiger partial charge < -0.3 is 29.9 Å². The van der Waals surface area contributed by atoms with Crippen molar-refractivity contribution in [2.45, 2.75) is 121 Å². The second kappa shape index (κ2) is 20.0. The molecule has 0 rings (SSSR count). The van der Waals surface area contributed by atoms with E-state index in [1.807, 2.05) is 0 Å². The second-order valence-corrected chi connectivity index (χ2v) is 9.10. The lowest BCUT2D eigenvalue weighted by Gasteiger charge is -2.20. The Morgan fingerprint density at radius 1 is 0.686 bits per heavy atom. The van der Waals surface area contributed by atoms with Crippen molar-refractivity contribution in [3.63, 3.8) is 0 Å². The Labute approximate surface area is 208 Å². The van der Waals surface area contributed by atoms with Crippen LogP contribution in [0.4, 0.5) is 0 Å². The number of carboxylic acids is 2. The quantitative estimate of drug-likeness (QED) is 0.119. The molecule has 0 aliphatic carbocycles. The number of ether oxygens (including phenoxy) is 2. The predicted molar refractivity (Wildman–Crippen MR) is 128 cm³/mol. The van der Waals surface area contributed by atoms with Crippen LogP contribution in [-0.4, -0.2) is 69.2 Å². The molecule has 0 aliphatic heterocycles. The smallest absolute Gasteiger partial charge is 0.336 e. The molecule has 0 aromatic rings. The van der Waals surface area contributed by atoms with Crippen LogP contribution in [-0.2, 0) is 28.7 Å². The first kappa shape index (κ1) is 32.8. The number of carbonyl (C=O) groups is 4. The zero-order chi connectivity index (χ0) is 26.5. The summed E-state index contributed by atoms with van der Waals surface area (Å²) in [6.45, 7) is 1.23. The molecule has 0 radical (unpaired) electrons. The van der Waals surface area contributed by atoms with Crippen LogP contribution in [0, 0.1) is 0 Å². The van der Waals surface area contributed by atoms with Gasteiger partial charge in [0.2, 0.25) is 0 Å². The van der Waals surface area contributed by atoms with E-state index in [1.165, 1.54) is 57.8 Å². The van der Waals surface area contributed by atoms with Crippen LogP contribution in [0.5, 0.6) is 0 Å². The van der Waals surface area contributed by atoms with Gasteiger partial charge in [-0.2, -0.15) is 0 Å². The monoisotopic (exact) mass is 504 g/mol. The molecule has 0 spiro atoms. The highest BCUT2D eigenvalue weighted by Gasteiger charge is 2.41. The first-order valence-electron chi connectivity index (χ1n) is 12.8. The summed E-state index contributed by atoms with van der Waals surface area (Å²) in [6.07, 6.45) is 12.2. The number of hydrogen-bond acceptors (Lipinski definition) is 8. The van der Waals surface area contributed by atoms with Crippen LogP contribution in [0.2, 0.25) is 0 Å². The lowest BCUT2D eigenvalue weighted by Crippen LogP contribution is -2.43. The van der Waals surface area contributed by atoms with E-state index in [0.717, 1.165) is 19.3 Å². The molecule has 4 N–H and O–H groups in total. The van der Waals surface area contributed by atoms with Gasteiger partial charge in [0.25, 0.3) is 0 Å². The van der Waals surface area contributed by atoms with Gasteiger partial charge in [0.1, 0.15) is 19.3 Å². The van der Waals surface area contributed by atoms with Crippen LogP contribution < -0.4 is 0 Å². The van der Waals surface area contributed by atoms with Gasteiger partial charge in [-0.15, -0.1) is 0 Å². The third-order valence-electron chi connectivity index (χ3n) is 5.64. The van der Waals surface area contributed by atoms with Crippen molar-refractivity contribution >= 4 is 23.9 Å². The Morgan fingerprint density at radius 2 is 1.11 bits per heavy atom.